The first-order chi connectivity index (χ1) is 31.6. The molecule has 24 atom stereocenters. The fourth-order valence-corrected chi connectivity index (χ4v) is 9.91. The number of fused-ring (bicyclic) bond motifs is 1. The largest absolute Gasteiger partial charge is 0.465 e. The van der Waals surface area contributed by atoms with Gasteiger partial charge in [-0.15, -0.1) is 0 Å². The number of ether oxygens (including phenoxy) is 7. The maximum Gasteiger partial charge on any atom is 0.306 e. The molecule has 0 radical (unpaired) electrons. The van der Waals surface area contributed by atoms with Crippen LogP contribution in [0.3, 0.4) is 0 Å². The van der Waals surface area contributed by atoms with Crippen LogP contribution in [0.25, 0.3) is 0 Å². The van der Waals surface area contributed by atoms with Crippen molar-refractivity contribution in [2.24, 2.45) is 41.4 Å². The van der Waals surface area contributed by atoms with E-state index in [9.17, 15) is 70.2 Å². The number of likely N-dealkylation sites (tertiary alicyclic amines) is 1. The number of esters is 1. The Labute approximate surface area is 403 Å². The molecular weight excluding hydrogens is 916 g/mol. The third-order valence-corrected chi connectivity index (χ3v) is 14.3. The van der Waals surface area contributed by atoms with Gasteiger partial charge in [-0.05, 0) is 31.6 Å². The van der Waals surface area contributed by atoms with Crippen molar-refractivity contribution in [3.63, 3.8) is 0 Å². The molecule has 11 N–H and O–H groups in total. The van der Waals surface area contributed by atoms with Gasteiger partial charge in [0.25, 0.3) is 0 Å². The second-order valence-electron chi connectivity index (χ2n) is 18.8. The zero-order valence-electron chi connectivity index (χ0n) is 38.9. The van der Waals surface area contributed by atoms with Crippen LogP contribution in [0.2, 0.25) is 0 Å². The zero-order valence-corrected chi connectivity index (χ0v) is 38.9. The Kier molecular flexibility index (Phi) is 23.0. The van der Waals surface area contributed by atoms with Gasteiger partial charge in [-0.25, -0.2) is 0 Å². The molecule has 23 heteroatoms. The zero-order chi connectivity index (χ0) is 49.8. The van der Waals surface area contributed by atoms with E-state index in [4.69, 9.17) is 33.2 Å². The molecule has 5 fully saturated rings. The normalized spacial score (nSPS) is 44.2. The fraction of sp³-hybridized carbons (Fsp3) is 0.870. The molecule has 23 nitrogen and oxygen atoms in total. The highest BCUT2D eigenvalue weighted by atomic mass is 16.7. The van der Waals surface area contributed by atoms with E-state index in [-0.39, 0.29) is 82.1 Å². The Bertz CT molecular complexity index is 1690. The Balaban J connectivity index is 0.000000426. The highest BCUT2D eigenvalue weighted by Crippen LogP contribution is 2.42. The summed E-state index contributed by atoms with van der Waals surface area (Å²) in [7, 11) is 4.43. The lowest BCUT2D eigenvalue weighted by molar-refractivity contribution is -0.348. The van der Waals surface area contributed by atoms with E-state index >= 15 is 0 Å². The number of allylic oxidation sites excluding steroid dienone is 1. The molecule has 6 aliphatic rings. The SMILES string of the molecule is C.C.CNC(=O)CCC(=O)OCC1C=CC(C)C2C(=O)N(C)C(=O)C12.COC1CC(C)C(O)C(OC2OC(CO)C(O)C(OC3CC(CO)C(O)C(O)C3OC3OC(C)C(O)C(O)C3O)C2C)C1O. The van der Waals surface area contributed by atoms with Crippen molar-refractivity contribution >= 4 is 23.7 Å². The first-order valence-electron chi connectivity index (χ1n) is 22.9. The Hall–Kier alpha value is -2.82. The van der Waals surface area contributed by atoms with Gasteiger partial charge in [-0.1, -0.05) is 47.8 Å². The Morgan fingerprint density at radius 1 is 0.696 bits per heavy atom. The van der Waals surface area contributed by atoms with E-state index in [1.807, 2.05) is 19.1 Å². The lowest BCUT2D eigenvalue weighted by atomic mass is 9.73. The molecule has 69 heavy (non-hydrogen) atoms. The van der Waals surface area contributed by atoms with Gasteiger partial charge < -0.3 is 89.5 Å². The van der Waals surface area contributed by atoms with Crippen LogP contribution in [0.5, 0.6) is 0 Å². The summed E-state index contributed by atoms with van der Waals surface area (Å²) in [6.07, 6.45) is -17.9. The van der Waals surface area contributed by atoms with Crippen LogP contribution >= 0.6 is 0 Å². The maximum atomic E-state index is 12.3. The molecule has 0 bridgehead atoms. The van der Waals surface area contributed by atoms with E-state index in [0.29, 0.717) is 6.42 Å². The number of aliphatic hydroxyl groups is 10. The van der Waals surface area contributed by atoms with E-state index in [1.54, 1.807) is 13.8 Å². The first kappa shape index (κ1) is 60.5. The van der Waals surface area contributed by atoms with Crippen molar-refractivity contribution in [3.05, 3.63) is 12.2 Å². The molecule has 0 aromatic rings. The van der Waals surface area contributed by atoms with Crippen LogP contribution in [0.4, 0.5) is 0 Å². The number of imide groups is 1. The average molecular weight is 997 g/mol. The second kappa shape index (κ2) is 26.2. The summed E-state index contributed by atoms with van der Waals surface area (Å²) in [5.41, 5.74) is 0. The summed E-state index contributed by atoms with van der Waals surface area (Å²) in [6, 6.07) is 0. The van der Waals surface area contributed by atoms with Gasteiger partial charge in [-0.3, -0.25) is 24.1 Å². The molecule has 0 spiro atoms. The number of aliphatic hydroxyl groups excluding tert-OH is 10. The average Bonchev–Trinajstić information content (AvgIpc) is 3.54. The number of nitrogens with one attached hydrogen (secondary N) is 1. The maximum absolute atomic E-state index is 12.3. The second-order valence-corrected chi connectivity index (χ2v) is 18.8. The summed E-state index contributed by atoms with van der Waals surface area (Å²) in [4.78, 5) is 48.4. The van der Waals surface area contributed by atoms with Crippen LogP contribution < -0.4 is 5.32 Å². The predicted molar refractivity (Wildman–Crippen MR) is 240 cm³/mol. The highest BCUT2D eigenvalue weighted by molar-refractivity contribution is 6.05. The number of amides is 3. The number of rotatable bonds is 14. The van der Waals surface area contributed by atoms with E-state index in [2.05, 4.69) is 5.32 Å². The van der Waals surface area contributed by atoms with Crippen LogP contribution in [0.15, 0.2) is 12.2 Å². The monoisotopic (exact) mass is 997 g/mol. The minimum absolute atomic E-state index is 0. The van der Waals surface area contributed by atoms with Crippen molar-refractivity contribution in [1.82, 2.24) is 10.2 Å². The summed E-state index contributed by atoms with van der Waals surface area (Å²) in [5.74, 6) is -4.25. The number of carbonyl (C=O) groups excluding carboxylic acids is 4. The molecule has 3 saturated heterocycles. The summed E-state index contributed by atoms with van der Waals surface area (Å²) in [6.45, 7) is 5.63. The lowest BCUT2D eigenvalue weighted by Gasteiger charge is -2.50. The molecule has 400 valence electrons. The highest BCUT2D eigenvalue weighted by Gasteiger charge is 2.55. The van der Waals surface area contributed by atoms with Gasteiger partial charge in [0, 0.05) is 52.0 Å². The molecule has 0 aromatic carbocycles. The molecule has 3 aliphatic heterocycles. The molecule has 24 unspecified atom stereocenters. The van der Waals surface area contributed by atoms with Gasteiger partial charge in [0.15, 0.2) is 12.6 Å². The van der Waals surface area contributed by atoms with Gasteiger partial charge in [0.1, 0.15) is 54.9 Å². The lowest BCUT2D eigenvalue weighted by Crippen LogP contribution is -2.64. The molecule has 3 aliphatic carbocycles. The third kappa shape index (κ3) is 13.2. The Morgan fingerprint density at radius 3 is 1.94 bits per heavy atom. The number of hydrogen-bond acceptors (Lipinski definition) is 21. The van der Waals surface area contributed by atoms with Crippen LogP contribution in [-0.4, -0.2) is 225 Å². The van der Waals surface area contributed by atoms with E-state index < -0.39 is 141 Å². The smallest absolute Gasteiger partial charge is 0.306 e. The van der Waals surface area contributed by atoms with E-state index in [1.165, 1.54) is 33.0 Å². The predicted octanol–water partition coefficient (Wildman–Crippen LogP) is -3.06. The van der Waals surface area contributed by atoms with Crippen molar-refractivity contribution < 1.29 is 103 Å². The standard InChI is InChI=1S/C28H50O16.C16H22N2O5.2CH4/c1-9-5-13(39-4)19(34)26(16(9)31)44-27-10(2)24(20(35)15(8-30)42-27)41-14-6-12(7-29)18(33)22(37)25(14)43-28-23(38)21(36)17(32)11(3)40-28;1-9-4-5-10(8-23-12(20)7-6-11(19)17-2)14-13(9)15(21)18(3)16(14)22;;/h9-38H,5-8H2,1-4H3;4-5,9-10,13-14H,6-8H2,1-3H3,(H,17,19);2*1H4. The van der Waals surface area contributed by atoms with E-state index in [0.717, 1.165) is 0 Å². The molecule has 3 amide bonds. The van der Waals surface area contributed by atoms with Crippen molar-refractivity contribution in [1.29, 1.82) is 0 Å². The molecule has 0 aromatic heterocycles. The number of methoxy groups -OCH3 is 1. The topological polar surface area (TPSA) is 350 Å². The number of hydrogen-bond donors (Lipinski definition) is 11. The van der Waals surface area contributed by atoms with Crippen molar-refractivity contribution in [2.75, 3.05) is 41.0 Å². The van der Waals surface area contributed by atoms with Crippen molar-refractivity contribution in [3.8, 4) is 0 Å². The number of carbonyl (C=O) groups is 4. The molecule has 3 heterocycles. The van der Waals surface area contributed by atoms with Gasteiger partial charge in [0.05, 0.1) is 68.1 Å². The molecular formula is C46H80N2O21. The fourth-order valence-electron chi connectivity index (χ4n) is 9.91. The summed E-state index contributed by atoms with van der Waals surface area (Å²) >= 11 is 0. The first-order valence-corrected chi connectivity index (χ1v) is 22.9. The van der Waals surface area contributed by atoms with Gasteiger partial charge in [0.2, 0.25) is 17.7 Å². The molecule has 2 saturated carbocycles. The third-order valence-electron chi connectivity index (χ3n) is 14.3. The Morgan fingerprint density at radius 2 is 1.33 bits per heavy atom. The quantitative estimate of drug-likeness (QED) is 0.0468. The van der Waals surface area contributed by atoms with Gasteiger partial charge in [-0.2, -0.15) is 0 Å². The van der Waals surface area contributed by atoms with Crippen LogP contribution in [0.1, 0.15) is 68.2 Å². The number of nitrogens with zero attached hydrogens (tertiary/aromatic N) is 1. The summed E-state index contributed by atoms with van der Waals surface area (Å²) in [5, 5.41) is 108. The van der Waals surface area contributed by atoms with Gasteiger partial charge >= 0.3 is 5.97 Å². The molecule has 6 rings (SSSR count). The van der Waals surface area contributed by atoms with Crippen LogP contribution in [-0.2, 0) is 52.3 Å². The van der Waals surface area contributed by atoms with Crippen molar-refractivity contribution in [2.45, 2.75) is 172 Å². The summed E-state index contributed by atoms with van der Waals surface area (Å²) < 4.78 is 40.2. The minimum atomic E-state index is -1.72. The minimum Gasteiger partial charge on any atom is -0.465 e. The van der Waals surface area contributed by atoms with Crippen LogP contribution in [0, 0.1) is 41.4 Å².